The molecular formula is C44H57ClF3N7O7. The minimum Gasteiger partial charge on any atom is -0.464 e. The number of halogens is 4. The third kappa shape index (κ3) is 10.9. The van der Waals surface area contributed by atoms with Crippen molar-refractivity contribution in [3.63, 3.8) is 0 Å². The number of esters is 1. The zero-order valence-corrected chi connectivity index (χ0v) is 35.8. The molecular weight excluding hydrogens is 831 g/mol. The Kier molecular flexibility index (Phi) is 14.7. The lowest BCUT2D eigenvalue weighted by atomic mass is 9.94. The molecule has 62 heavy (non-hydrogen) atoms. The van der Waals surface area contributed by atoms with Gasteiger partial charge in [0.2, 0.25) is 5.91 Å². The molecule has 2 aromatic carbocycles. The van der Waals surface area contributed by atoms with Crippen LogP contribution in [0.3, 0.4) is 0 Å². The van der Waals surface area contributed by atoms with Crippen molar-refractivity contribution in [2.45, 2.75) is 114 Å². The Labute approximate surface area is 365 Å². The number of piperidine rings is 4. The number of likely N-dealkylation sites (tertiary alicyclic amines) is 4. The number of amides is 5. The first-order chi connectivity index (χ1) is 29.8. The third-order valence-corrected chi connectivity index (χ3v) is 13.4. The van der Waals surface area contributed by atoms with Gasteiger partial charge < -0.3 is 40.1 Å². The van der Waals surface area contributed by atoms with Gasteiger partial charge in [0.05, 0.1) is 22.9 Å². The van der Waals surface area contributed by atoms with Crippen LogP contribution in [-0.2, 0) is 42.9 Å². The molecule has 2 atom stereocenters. The average molecular weight is 888 g/mol. The fraction of sp³-hybridized carbons (Fsp3) is 0.614. The van der Waals surface area contributed by atoms with Crippen molar-refractivity contribution in [2.75, 3.05) is 70.0 Å². The Hall–Kier alpha value is -4.77. The van der Waals surface area contributed by atoms with Crippen molar-refractivity contribution in [3.8, 4) is 0 Å². The number of benzene rings is 2. The van der Waals surface area contributed by atoms with Gasteiger partial charge in [-0.2, -0.15) is 13.2 Å². The third-order valence-electron chi connectivity index (χ3n) is 13.0. The number of carbonyl (C=O) groups excluding carboxylic acids is 5. The molecule has 5 aliphatic rings. The van der Waals surface area contributed by atoms with Crippen LogP contribution in [0.25, 0.3) is 0 Å². The van der Waals surface area contributed by atoms with E-state index >= 15 is 0 Å². The molecule has 0 spiro atoms. The smallest absolute Gasteiger partial charge is 0.418 e. The maximum absolute atomic E-state index is 14.3. The molecule has 4 fully saturated rings. The summed E-state index contributed by atoms with van der Waals surface area (Å²) in [5.74, 6) is -0.690. The predicted molar refractivity (Wildman–Crippen MR) is 225 cm³/mol. The molecule has 4 saturated heterocycles. The summed E-state index contributed by atoms with van der Waals surface area (Å²) in [7, 11) is 0. The van der Waals surface area contributed by atoms with Crippen molar-refractivity contribution >= 4 is 52.9 Å². The number of rotatable bonds is 11. The van der Waals surface area contributed by atoms with Gasteiger partial charge in [0.15, 0.2) is 6.10 Å². The van der Waals surface area contributed by atoms with E-state index in [2.05, 4.69) is 10.2 Å². The van der Waals surface area contributed by atoms with Crippen molar-refractivity contribution in [3.05, 3.63) is 58.1 Å². The molecule has 0 unspecified atom stereocenters. The van der Waals surface area contributed by atoms with Gasteiger partial charge in [-0.1, -0.05) is 36.2 Å². The van der Waals surface area contributed by atoms with Crippen LogP contribution in [-0.4, -0.2) is 138 Å². The van der Waals surface area contributed by atoms with E-state index in [1.54, 1.807) is 9.80 Å². The van der Waals surface area contributed by atoms with E-state index in [0.29, 0.717) is 71.0 Å². The number of carbonyl (C=O) groups is 5. The van der Waals surface area contributed by atoms with Gasteiger partial charge in [0.1, 0.15) is 6.04 Å². The van der Waals surface area contributed by atoms with Crippen LogP contribution in [0.4, 0.5) is 34.1 Å². The van der Waals surface area contributed by atoms with E-state index in [1.807, 2.05) is 29.2 Å². The van der Waals surface area contributed by atoms with Gasteiger partial charge >= 0.3 is 24.3 Å². The van der Waals surface area contributed by atoms with Crippen molar-refractivity contribution in [1.82, 2.24) is 24.5 Å². The first kappa shape index (κ1) is 45.3. The Morgan fingerprint density at radius 1 is 0.855 bits per heavy atom. The number of urea groups is 1. The molecule has 3 N–H and O–H groups in total. The summed E-state index contributed by atoms with van der Waals surface area (Å²) in [6, 6.07) is 8.95. The molecule has 5 aliphatic heterocycles. The minimum atomic E-state index is -4.81. The fourth-order valence-electron chi connectivity index (χ4n) is 9.60. The molecule has 0 saturated carbocycles. The summed E-state index contributed by atoms with van der Waals surface area (Å²) in [5.41, 5.74) is 5.76. The number of para-hydroxylation sites is 1. The minimum absolute atomic E-state index is 0.0177. The average Bonchev–Trinajstić information content (AvgIpc) is 3.44. The molecule has 0 radical (unpaired) electrons. The molecule has 0 aromatic heterocycles. The lowest BCUT2D eigenvalue weighted by Gasteiger charge is -2.44. The number of nitrogens with one attached hydrogen (secondary N) is 1. The van der Waals surface area contributed by atoms with Crippen molar-refractivity contribution in [2.24, 2.45) is 0 Å². The van der Waals surface area contributed by atoms with Crippen molar-refractivity contribution in [1.29, 1.82) is 0 Å². The van der Waals surface area contributed by atoms with Crippen LogP contribution in [0.5, 0.6) is 0 Å². The van der Waals surface area contributed by atoms with Gasteiger partial charge in [-0.25, -0.2) is 9.59 Å². The molecule has 7 rings (SSSR count). The summed E-state index contributed by atoms with van der Waals surface area (Å²) in [6.07, 6.45) is 0.727. The van der Waals surface area contributed by atoms with Crippen LogP contribution >= 0.6 is 11.6 Å². The maximum atomic E-state index is 14.3. The second-order valence-electron chi connectivity index (χ2n) is 17.0. The number of hydrogen-bond acceptors (Lipinski definition) is 9. The summed E-state index contributed by atoms with van der Waals surface area (Å²) in [5, 5.41) is 2.65. The number of hydrogen-bond donors (Lipinski definition) is 2. The molecule has 2 aromatic rings. The second kappa shape index (κ2) is 20.2. The first-order valence-electron chi connectivity index (χ1n) is 22.0. The zero-order valence-electron chi connectivity index (χ0n) is 35.0. The maximum Gasteiger partial charge on any atom is 0.418 e. The molecule has 18 heteroatoms. The highest BCUT2D eigenvalue weighted by molar-refractivity contribution is 6.33. The Morgan fingerprint density at radius 2 is 1.56 bits per heavy atom. The van der Waals surface area contributed by atoms with E-state index in [-0.39, 0.29) is 79.8 Å². The van der Waals surface area contributed by atoms with Crippen molar-refractivity contribution < 1.29 is 46.6 Å². The molecule has 0 bridgehead atoms. The predicted octanol–water partition coefficient (Wildman–Crippen LogP) is 6.33. The molecule has 5 amide bonds. The van der Waals surface area contributed by atoms with E-state index in [0.717, 1.165) is 49.5 Å². The number of nitrogen functional groups attached to an aromatic ring is 1. The Balaban J connectivity index is 0.974. The number of alkyl halides is 3. The number of nitrogens with zero attached hydrogens (tertiary/aromatic N) is 5. The summed E-state index contributed by atoms with van der Waals surface area (Å²) in [4.78, 5) is 75.6. The standard InChI is InChI=1S/C44H57ClF3N7O7/c45-34-27-29(26-33(39(34)49)44(46,47)48)28-37(62-43(60)53-22-15-32(16-23-53)55-24-12-30-8-1-2-9-35(30)50-42(55)59)40(57)52-20-13-31(14-21-52)54-19-6-3-10-36(54)41(58)61-25-7-18-51-17-5-4-11-38(51)56/h1-2,8-9,26-27,31-32,36-37H,3-7,10-25,28,49H2,(H,50,59)/t36-,37-/m1/s1. The highest BCUT2D eigenvalue weighted by Crippen LogP contribution is 2.38. The van der Waals surface area contributed by atoms with Crippen LogP contribution in [0.15, 0.2) is 36.4 Å². The summed E-state index contributed by atoms with van der Waals surface area (Å²) >= 11 is 6.16. The molecule has 14 nitrogen and oxygen atoms in total. The van der Waals surface area contributed by atoms with Gasteiger partial charge in [-0.05, 0) is 100 Å². The Bertz CT molecular complexity index is 1960. The van der Waals surface area contributed by atoms with Crippen LogP contribution in [0.1, 0.15) is 87.3 Å². The zero-order chi connectivity index (χ0) is 44.0. The molecule has 338 valence electrons. The van der Waals surface area contributed by atoms with E-state index in [1.165, 1.54) is 11.0 Å². The lowest BCUT2D eigenvalue weighted by Crippen LogP contribution is -2.56. The highest BCUT2D eigenvalue weighted by Gasteiger charge is 2.40. The monoisotopic (exact) mass is 887 g/mol. The SMILES string of the molecule is Nc1c(Cl)cc(C[C@@H](OC(=O)N2CCC(N3CCc4ccccc4NC3=O)CC2)C(=O)N2CCC(N3CCCC[C@@H]3C(=O)OCCCN3CCCCC3=O)CC2)cc1C(F)(F)F. The fourth-order valence-corrected chi connectivity index (χ4v) is 9.84. The molecule has 5 heterocycles. The summed E-state index contributed by atoms with van der Waals surface area (Å²) in [6.45, 7) is 3.79. The van der Waals surface area contributed by atoms with Crippen LogP contribution in [0, 0.1) is 0 Å². The number of anilines is 2. The van der Waals surface area contributed by atoms with E-state index in [4.69, 9.17) is 26.8 Å². The molecule has 0 aliphatic carbocycles. The quantitative estimate of drug-likeness (QED) is 0.149. The van der Waals surface area contributed by atoms with Crippen LogP contribution in [0.2, 0.25) is 5.02 Å². The first-order valence-corrected chi connectivity index (χ1v) is 22.4. The number of nitrogens with two attached hydrogens (primary N) is 1. The number of ether oxygens (including phenoxy) is 2. The van der Waals surface area contributed by atoms with Crippen LogP contribution < -0.4 is 11.1 Å². The summed E-state index contributed by atoms with van der Waals surface area (Å²) < 4.78 is 53.6. The van der Waals surface area contributed by atoms with Gasteiger partial charge in [0.25, 0.3) is 5.91 Å². The van der Waals surface area contributed by atoms with Gasteiger partial charge in [-0.15, -0.1) is 0 Å². The van der Waals surface area contributed by atoms with E-state index < -0.39 is 41.6 Å². The van der Waals surface area contributed by atoms with E-state index in [9.17, 15) is 37.1 Å². The van der Waals surface area contributed by atoms with Gasteiger partial charge in [0, 0.05) is 76.4 Å². The normalized spacial score (nSPS) is 21.5. The lowest BCUT2D eigenvalue weighted by molar-refractivity contribution is -0.154. The largest absolute Gasteiger partial charge is 0.464 e. The Morgan fingerprint density at radius 3 is 2.31 bits per heavy atom. The topological polar surface area (TPSA) is 158 Å². The second-order valence-corrected chi connectivity index (χ2v) is 17.4. The van der Waals surface area contributed by atoms with Gasteiger partial charge in [-0.3, -0.25) is 19.3 Å². The highest BCUT2D eigenvalue weighted by atomic mass is 35.5. The number of fused-ring (bicyclic) bond motifs is 1.